The molecule has 0 unspecified atom stereocenters. The van der Waals surface area contributed by atoms with Crippen LogP contribution in [0.3, 0.4) is 0 Å². The molecule has 52 heteroatoms. The molecule has 0 amide bonds. The third-order valence-corrected chi connectivity index (χ3v) is 13.2. The molecule has 0 fully saturated rings. The molecule has 0 saturated heterocycles. The van der Waals surface area contributed by atoms with Crippen molar-refractivity contribution in [2.45, 2.75) is 162 Å². The van der Waals surface area contributed by atoms with E-state index in [0.29, 0.717) is 0 Å². The predicted octanol–water partition coefficient (Wildman–Crippen LogP) is 18.7. The molecule has 0 atom stereocenters. The van der Waals surface area contributed by atoms with E-state index in [-0.39, 0.29) is 0 Å². The number of hydrogen-bond acceptors (Lipinski definition) is 0. The largest absolute Gasteiger partial charge is 0.460 e. The maximum atomic E-state index is 14.6. The summed E-state index contributed by atoms with van der Waals surface area (Å²) in [6.07, 6.45) is -49.9. The van der Waals surface area contributed by atoms with Crippen LogP contribution in [-0.4, -0.2) is 161 Å². The molecule has 0 aromatic heterocycles. The van der Waals surface area contributed by atoms with Crippen LogP contribution in [0.5, 0.6) is 0 Å². The molecule has 0 nitrogen and oxygen atoms in total. The van der Waals surface area contributed by atoms with Crippen LogP contribution in [0.4, 0.5) is 224 Å². The van der Waals surface area contributed by atoms with Gasteiger partial charge in [0.1, 0.15) is 0 Å². The summed E-state index contributed by atoms with van der Waals surface area (Å²) in [6.45, 7) is 0. The first-order valence-corrected chi connectivity index (χ1v) is 20.3. The molecule has 0 radical (unpaired) electrons. The molecule has 0 bridgehead atoms. The summed E-state index contributed by atoms with van der Waals surface area (Å²) >= 11 is 0. The van der Waals surface area contributed by atoms with Gasteiger partial charge in [-0.05, 0) is 18.5 Å². The maximum Gasteiger partial charge on any atom is 0.460 e. The van der Waals surface area contributed by atoms with E-state index in [1.165, 1.54) is 0 Å². The fourth-order valence-corrected chi connectivity index (χ4v) is 7.75. The second kappa shape index (κ2) is 20.5. The van der Waals surface area contributed by atoms with E-state index < -0.39 is 189 Å². The smallest absolute Gasteiger partial charge is 0.200 e. The highest BCUT2D eigenvalue weighted by Crippen LogP contribution is 2.69. The molecule has 0 N–H and O–H groups in total. The highest BCUT2D eigenvalue weighted by atomic mass is 31.1. The standard InChI is InChI=1S/C30H12F51P/c31-7(32,10(37,38)13(43,44)16(49,50)19(55,56)22(61,62)25(67,68)28(73,74)75)1-4-82(5-2-8(33,34)11(39,40)14(45,46)17(51,52)20(57,58)23(63,64)26(69,70)29(76,77)78)6-3-9(35,36)12(41,42)15(47,48)18(53,54)21(59,60)24(65,66)27(71,72)30(79,80)81/h1-6H2. The van der Waals surface area contributed by atoms with Gasteiger partial charge >= 0.3 is 143 Å². The van der Waals surface area contributed by atoms with Gasteiger partial charge < -0.3 is 0 Å². The highest BCUT2D eigenvalue weighted by Gasteiger charge is 2.98. The summed E-state index contributed by atoms with van der Waals surface area (Å²) in [6, 6.07) is 0. The van der Waals surface area contributed by atoms with Crippen LogP contribution in [0.15, 0.2) is 0 Å². The molecule has 0 aliphatic heterocycles. The van der Waals surface area contributed by atoms with Crippen LogP contribution in [-0.2, 0) is 0 Å². The molecule has 0 aliphatic rings. The third kappa shape index (κ3) is 10.6. The van der Waals surface area contributed by atoms with Gasteiger partial charge in [0.15, 0.2) is 0 Å². The minimum atomic E-state index is -9.63. The summed E-state index contributed by atoms with van der Waals surface area (Å²) < 4.78 is 696. The average molecular weight is 1370 g/mol. The first kappa shape index (κ1) is 78.9. The fraction of sp³-hybridized carbons (Fsp3) is 1.00. The molecular formula is C30H12F51P. The van der Waals surface area contributed by atoms with Gasteiger partial charge in [-0.1, -0.05) is 0 Å². The molecule has 0 aromatic carbocycles. The number of alkyl halides is 51. The second-order valence-corrected chi connectivity index (χ2v) is 18.7. The van der Waals surface area contributed by atoms with Crippen LogP contribution in [0.25, 0.3) is 0 Å². The minimum Gasteiger partial charge on any atom is -0.200 e. The lowest BCUT2D eigenvalue weighted by Gasteiger charge is -2.43. The van der Waals surface area contributed by atoms with Crippen molar-refractivity contribution in [1.82, 2.24) is 0 Å². The molecule has 494 valence electrons. The van der Waals surface area contributed by atoms with Crippen LogP contribution < -0.4 is 0 Å². The molecule has 82 heavy (non-hydrogen) atoms. The summed E-state index contributed by atoms with van der Waals surface area (Å²) in [5.41, 5.74) is 0. The van der Waals surface area contributed by atoms with Gasteiger partial charge in [0.2, 0.25) is 0 Å². The SMILES string of the molecule is FC(F)(F)C(F)(F)C(F)(F)C(F)(F)C(F)(F)C(F)(F)C(F)(F)C(F)(F)CCP(CCC(F)(F)C(F)(F)C(F)(F)C(F)(F)C(F)(F)C(F)(F)C(F)(F)C(F)(F)F)CCC(F)(F)C(F)(F)C(F)(F)C(F)(F)C(F)(F)C(F)(F)C(F)(F)C(F)(F)F. The van der Waals surface area contributed by atoms with Crippen LogP contribution >= 0.6 is 7.92 Å². The lowest BCUT2D eigenvalue weighted by Crippen LogP contribution is -2.74. The molecule has 0 spiro atoms. The van der Waals surface area contributed by atoms with Crippen LogP contribution in [0, 0.1) is 0 Å². The Bertz CT molecular complexity index is 1950. The zero-order chi connectivity index (χ0) is 67.8. The van der Waals surface area contributed by atoms with Gasteiger partial charge in [0.25, 0.3) is 0 Å². The Morgan fingerprint density at radius 2 is 0.232 bits per heavy atom. The quantitative estimate of drug-likeness (QED) is 0.0568. The maximum absolute atomic E-state index is 14.6. The fourth-order valence-electron chi connectivity index (χ4n) is 5.29. The van der Waals surface area contributed by atoms with Gasteiger partial charge in [-0.25, -0.2) is 0 Å². The van der Waals surface area contributed by atoms with Crippen LogP contribution in [0.1, 0.15) is 19.3 Å². The zero-order valence-corrected chi connectivity index (χ0v) is 36.9. The Hall–Kier alpha value is -3.14. The Labute approximate surface area is 413 Å². The number of hydrogen-bond donors (Lipinski definition) is 0. The van der Waals surface area contributed by atoms with E-state index in [9.17, 15) is 224 Å². The Kier molecular flexibility index (Phi) is 19.7. The predicted molar refractivity (Wildman–Crippen MR) is 157 cm³/mol. The van der Waals surface area contributed by atoms with Crippen molar-refractivity contribution in [2.75, 3.05) is 18.5 Å². The number of halogens is 51. The third-order valence-electron chi connectivity index (χ3n) is 10.6. The van der Waals surface area contributed by atoms with Gasteiger partial charge in [0, 0.05) is 19.3 Å². The van der Waals surface area contributed by atoms with Gasteiger partial charge in [0.05, 0.1) is 0 Å². The van der Waals surface area contributed by atoms with Crippen molar-refractivity contribution < 1.29 is 224 Å². The van der Waals surface area contributed by atoms with Gasteiger partial charge in [-0.15, -0.1) is 7.92 Å². The van der Waals surface area contributed by atoms with E-state index >= 15 is 0 Å². The number of rotatable bonds is 27. The lowest BCUT2D eigenvalue weighted by molar-refractivity contribution is -0.461. The van der Waals surface area contributed by atoms with Crippen molar-refractivity contribution in [2.24, 2.45) is 0 Å². The molecule has 0 saturated carbocycles. The van der Waals surface area contributed by atoms with E-state index in [0.717, 1.165) is 0 Å². The summed E-state index contributed by atoms with van der Waals surface area (Å²) in [4.78, 5) is 0. The molecule has 0 heterocycles. The first-order valence-electron chi connectivity index (χ1n) is 18.4. The Balaban J connectivity index is 8.16. The van der Waals surface area contributed by atoms with Crippen molar-refractivity contribution in [3.63, 3.8) is 0 Å². The molecular weight excluding hydrogens is 1360 g/mol. The Morgan fingerprint density at radius 3 is 0.341 bits per heavy atom. The van der Waals surface area contributed by atoms with E-state index in [1.807, 2.05) is 0 Å². The van der Waals surface area contributed by atoms with Crippen molar-refractivity contribution in [1.29, 1.82) is 0 Å². The van der Waals surface area contributed by atoms with E-state index in [1.54, 1.807) is 0 Å². The van der Waals surface area contributed by atoms with E-state index in [4.69, 9.17) is 0 Å². The lowest BCUT2D eigenvalue weighted by atomic mass is 9.88. The molecule has 0 aliphatic carbocycles. The second-order valence-electron chi connectivity index (χ2n) is 16.0. The summed E-state index contributed by atoms with van der Waals surface area (Å²) in [7, 11) is -5.51. The molecule has 0 aromatic rings. The Morgan fingerprint density at radius 1 is 0.134 bits per heavy atom. The minimum absolute atomic E-state index is 3.73. The van der Waals surface area contributed by atoms with E-state index in [2.05, 4.69) is 0 Å². The van der Waals surface area contributed by atoms with Crippen molar-refractivity contribution in [3.05, 3.63) is 0 Å². The summed E-state index contributed by atoms with van der Waals surface area (Å²) in [5, 5.41) is 0. The van der Waals surface area contributed by atoms with Gasteiger partial charge in [-0.3, -0.25) is 0 Å². The monoisotopic (exact) mass is 1370 g/mol. The average Bonchev–Trinajstić information content (AvgIpc) is 3.23. The highest BCUT2D eigenvalue weighted by molar-refractivity contribution is 7.57. The summed E-state index contributed by atoms with van der Waals surface area (Å²) in [5.74, 6) is -193. The zero-order valence-electron chi connectivity index (χ0n) is 36.0. The van der Waals surface area contributed by atoms with Crippen LogP contribution in [0.2, 0.25) is 0 Å². The first-order chi connectivity index (χ1) is 34.5. The van der Waals surface area contributed by atoms with Crippen molar-refractivity contribution >= 4 is 7.92 Å². The molecule has 0 rings (SSSR count). The topological polar surface area (TPSA) is 0 Å². The van der Waals surface area contributed by atoms with Crippen molar-refractivity contribution in [3.8, 4) is 0 Å². The van der Waals surface area contributed by atoms with Gasteiger partial charge in [-0.2, -0.15) is 224 Å². The normalized spacial score (nSPS) is 17.1.